The number of fused-ring (bicyclic) bond motifs is 2. The second-order valence-corrected chi connectivity index (χ2v) is 8.00. The minimum Gasteiger partial charge on any atom is -0.489 e. The van der Waals surface area contributed by atoms with Crippen LogP contribution in [0.1, 0.15) is 46.2 Å². The second kappa shape index (κ2) is 7.74. The number of nitrogens with one attached hydrogen (secondary N) is 1. The Morgan fingerprint density at radius 3 is 2.61 bits per heavy atom. The molecule has 160 valence electrons. The lowest BCUT2D eigenvalue weighted by Gasteiger charge is -2.26. The summed E-state index contributed by atoms with van der Waals surface area (Å²) >= 11 is 0. The molecular weight excluding hydrogens is 396 g/mol. The van der Waals surface area contributed by atoms with Gasteiger partial charge in [0.1, 0.15) is 23.1 Å². The van der Waals surface area contributed by atoms with Crippen LogP contribution in [0.3, 0.4) is 0 Å². The maximum atomic E-state index is 13.3. The molecule has 2 aliphatic heterocycles. The van der Waals surface area contributed by atoms with Crippen molar-refractivity contribution in [2.45, 2.75) is 25.9 Å². The summed E-state index contributed by atoms with van der Waals surface area (Å²) in [6, 6.07) is 12.9. The number of rotatable bonds is 3. The SMILES string of the molecule is CC1Oc2c(C(=O)Nc3c(C(=O)N4CCOCC4)oc4ccccc34)cccc2C1C. The number of furan rings is 1. The van der Waals surface area contributed by atoms with E-state index in [1.807, 2.05) is 37.3 Å². The molecule has 7 nitrogen and oxygen atoms in total. The number of carbonyl (C=O) groups excluding carboxylic acids is 2. The van der Waals surface area contributed by atoms with Gasteiger partial charge in [-0.3, -0.25) is 9.59 Å². The maximum Gasteiger partial charge on any atom is 0.291 e. The lowest BCUT2D eigenvalue weighted by Crippen LogP contribution is -2.40. The Balaban J connectivity index is 1.52. The van der Waals surface area contributed by atoms with Gasteiger partial charge in [0.25, 0.3) is 11.8 Å². The van der Waals surface area contributed by atoms with E-state index < -0.39 is 0 Å². The Hall–Kier alpha value is -3.32. The van der Waals surface area contributed by atoms with E-state index in [1.165, 1.54) is 0 Å². The van der Waals surface area contributed by atoms with E-state index in [-0.39, 0.29) is 29.6 Å². The fourth-order valence-electron chi connectivity index (χ4n) is 4.18. The van der Waals surface area contributed by atoms with Crippen molar-refractivity contribution in [3.05, 3.63) is 59.4 Å². The van der Waals surface area contributed by atoms with E-state index in [4.69, 9.17) is 13.9 Å². The van der Waals surface area contributed by atoms with E-state index >= 15 is 0 Å². The van der Waals surface area contributed by atoms with Crippen LogP contribution < -0.4 is 10.1 Å². The number of benzene rings is 2. The maximum absolute atomic E-state index is 13.3. The first-order valence-corrected chi connectivity index (χ1v) is 10.5. The van der Waals surface area contributed by atoms with E-state index in [9.17, 15) is 9.59 Å². The normalized spacial score (nSPS) is 20.4. The predicted molar refractivity (Wildman–Crippen MR) is 116 cm³/mol. The summed E-state index contributed by atoms with van der Waals surface area (Å²) in [5.74, 6) is 0.351. The number of hydrogen-bond acceptors (Lipinski definition) is 5. The van der Waals surface area contributed by atoms with Gasteiger partial charge in [-0.15, -0.1) is 0 Å². The molecule has 3 aromatic rings. The number of morpholine rings is 1. The van der Waals surface area contributed by atoms with Gasteiger partial charge < -0.3 is 24.1 Å². The van der Waals surface area contributed by atoms with Gasteiger partial charge >= 0.3 is 0 Å². The molecule has 0 saturated carbocycles. The van der Waals surface area contributed by atoms with Gasteiger partial charge in [0.15, 0.2) is 0 Å². The summed E-state index contributed by atoms with van der Waals surface area (Å²) in [4.78, 5) is 28.2. The molecule has 2 aliphatic rings. The molecule has 2 unspecified atom stereocenters. The van der Waals surface area contributed by atoms with Gasteiger partial charge in [0.05, 0.1) is 18.8 Å². The van der Waals surface area contributed by atoms with E-state index in [0.717, 1.165) is 5.56 Å². The monoisotopic (exact) mass is 420 g/mol. The quantitative estimate of drug-likeness (QED) is 0.692. The lowest BCUT2D eigenvalue weighted by atomic mass is 9.97. The molecule has 0 bridgehead atoms. The molecule has 2 amide bonds. The van der Waals surface area contributed by atoms with Crippen molar-refractivity contribution in [1.29, 1.82) is 0 Å². The molecule has 1 fully saturated rings. The van der Waals surface area contributed by atoms with Crippen LogP contribution in [0.5, 0.6) is 5.75 Å². The summed E-state index contributed by atoms with van der Waals surface area (Å²) in [6.45, 7) is 6.02. The molecule has 0 aliphatic carbocycles. The summed E-state index contributed by atoms with van der Waals surface area (Å²) in [6.07, 6.45) is -0.00263. The summed E-state index contributed by atoms with van der Waals surface area (Å²) in [5.41, 5.74) is 2.39. The fourth-order valence-corrected chi connectivity index (χ4v) is 4.18. The Bertz CT molecular complexity index is 1160. The molecule has 1 saturated heterocycles. The zero-order valence-corrected chi connectivity index (χ0v) is 17.5. The highest BCUT2D eigenvalue weighted by atomic mass is 16.5. The van der Waals surface area contributed by atoms with Gasteiger partial charge in [-0.2, -0.15) is 0 Å². The molecule has 1 aromatic heterocycles. The number of nitrogens with zero attached hydrogens (tertiary/aromatic N) is 1. The van der Waals surface area contributed by atoms with E-state index in [2.05, 4.69) is 12.2 Å². The summed E-state index contributed by atoms with van der Waals surface area (Å²) in [5, 5.41) is 3.62. The first kappa shape index (κ1) is 19.6. The topological polar surface area (TPSA) is 81.0 Å². The number of ether oxygens (including phenoxy) is 2. The first-order valence-electron chi connectivity index (χ1n) is 10.5. The van der Waals surface area contributed by atoms with Crippen LogP contribution in [-0.4, -0.2) is 49.1 Å². The third-order valence-corrected chi connectivity index (χ3v) is 6.12. The van der Waals surface area contributed by atoms with Gasteiger partial charge in [-0.1, -0.05) is 31.2 Å². The first-order chi connectivity index (χ1) is 15.0. The van der Waals surface area contributed by atoms with Crippen molar-refractivity contribution in [3.8, 4) is 5.75 Å². The summed E-state index contributed by atoms with van der Waals surface area (Å²) < 4.78 is 17.2. The number of amides is 2. The van der Waals surface area contributed by atoms with Crippen LogP contribution in [0.4, 0.5) is 5.69 Å². The van der Waals surface area contributed by atoms with Crippen LogP contribution in [-0.2, 0) is 4.74 Å². The van der Waals surface area contributed by atoms with Gasteiger partial charge in [-0.05, 0) is 25.1 Å². The van der Waals surface area contributed by atoms with E-state index in [0.29, 0.717) is 54.3 Å². The largest absolute Gasteiger partial charge is 0.489 e. The number of anilines is 1. The number of hydrogen-bond donors (Lipinski definition) is 1. The van der Waals surface area contributed by atoms with Crippen LogP contribution >= 0.6 is 0 Å². The predicted octanol–water partition coefficient (Wildman–Crippen LogP) is 4.04. The summed E-state index contributed by atoms with van der Waals surface area (Å²) in [7, 11) is 0. The average Bonchev–Trinajstić information content (AvgIpc) is 3.31. The minimum atomic E-state index is -0.333. The van der Waals surface area contributed by atoms with Crippen molar-refractivity contribution in [2.75, 3.05) is 31.6 Å². The highest BCUT2D eigenvalue weighted by Crippen LogP contribution is 2.41. The zero-order chi connectivity index (χ0) is 21.5. The minimum absolute atomic E-state index is 0.00263. The Kier molecular flexibility index (Phi) is 4.90. The average molecular weight is 420 g/mol. The fraction of sp³-hybridized carbons (Fsp3) is 0.333. The molecule has 2 aromatic carbocycles. The molecule has 7 heteroatoms. The van der Waals surface area contributed by atoms with Gasteiger partial charge in [-0.25, -0.2) is 0 Å². The number of carbonyl (C=O) groups is 2. The molecular formula is C24H24N2O5. The Morgan fingerprint density at radius 2 is 1.81 bits per heavy atom. The van der Waals surface area contributed by atoms with Crippen LogP contribution in [0.2, 0.25) is 0 Å². The van der Waals surface area contributed by atoms with Crippen molar-refractivity contribution in [1.82, 2.24) is 4.90 Å². The Labute approximate surface area is 179 Å². The smallest absolute Gasteiger partial charge is 0.291 e. The van der Waals surface area contributed by atoms with Crippen LogP contribution in [0, 0.1) is 0 Å². The zero-order valence-electron chi connectivity index (χ0n) is 17.5. The molecule has 5 rings (SSSR count). The number of para-hydroxylation sites is 2. The van der Waals surface area contributed by atoms with Gasteiger partial charge in [0, 0.05) is 30.0 Å². The van der Waals surface area contributed by atoms with Crippen LogP contribution in [0.15, 0.2) is 46.9 Å². The molecule has 0 spiro atoms. The molecule has 1 N–H and O–H groups in total. The third-order valence-electron chi connectivity index (χ3n) is 6.12. The second-order valence-electron chi connectivity index (χ2n) is 8.00. The van der Waals surface area contributed by atoms with Crippen molar-refractivity contribution < 1.29 is 23.5 Å². The van der Waals surface area contributed by atoms with Crippen molar-refractivity contribution in [3.63, 3.8) is 0 Å². The molecule has 2 atom stereocenters. The highest BCUT2D eigenvalue weighted by molar-refractivity contribution is 6.15. The standard InChI is InChI=1S/C24H24N2O5/c1-14-15(2)30-21-16(14)7-5-8-18(21)23(27)25-20-17-6-3-4-9-19(17)31-22(20)24(28)26-10-12-29-13-11-26/h3-9,14-15H,10-13H2,1-2H3,(H,25,27). The Morgan fingerprint density at radius 1 is 1.03 bits per heavy atom. The van der Waals surface area contributed by atoms with Crippen molar-refractivity contribution in [2.24, 2.45) is 0 Å². The molecule has 31 heavy (non-hydrogen) atoms. The third kappa shape index (κ3) is 3.35. The molecule has 0 radical (unpaired) electrons. The lowest BCUT2D eigenvalue weighted by molar-refractivity contribution is 0.0285. The highest BCUT2D eigenvalue weighted by Gasteiger charge is 2.32. The van der Waals surface area contributed by atoms with Crippen LogP contribution in [0.25, 0.3) is 11.0 Å². The van der Waals surface area contributed by atoms with Gasteiger partial charge in [0.2, 0.25) is 5.76 Å². The van der Waals surface area contributed by atoms with Crippen molar-refractivity contribution >= 4 is 28.5 Å². The van der Waals surface area contributed by atoms with E-state index in [1.54, 1.807) is 17.0 Å². The molecule has 3 heterocycles.